The maximum Gasteiger partial charge on any atom is 0.401 e. The second-order valence-corrected chi connectivity index (χ2v) is 9.90. The molecular formula is C23H25F3N4O2S. The molecule has 0 spiro atoms. The summed E-state index contributed by atoms with van der Waals surface area (Å²) in [5.41, 5.74) is 1.56. The third-order valence-corrected chi connectivity index (χ3v) is 7.42. The van der Waals surface area contributed by atoms with E-state index in [0.29, 0.717) is 48.1 Å². The highest BCUT2D eigenvalue weighted by atomic mass is 32.1. The number of alkyl halides is 3. The van der Waals surface area contributed by atoms with Crippen molar-refractivity contribution in [3.8, 4) is 5.75 Å². The molecule has 176 valence electrons. The van der Waals surface area contributed by atoms with E-state index in [0.717, 1.165) is 35.9 Å². The lowest BCUT2D eigenvalue weighted by atomic mass is 10.0. The van der Waals surface area contributed by atoms with Crippen molar-refractivity contribution in [2.24, 2.45) is 17.8 Å². The predicted octanol–water partition coefficient (Wildman–Crippen LogP) is 5.17. The van der Waals surface area contributed by atoms with Crippen LogP contribution in [0.15, 0.2) is 36.0 Å². The molecule has 1 amide bonds. The molecule has 2 fully saturated rings. The summed E-state index contributed by atoms with van der Waals surface area (Å²) in [5.74, 6) is 1.71. The number of hydrogen-bond donors (Lipinski definition) is 2. The first-order chi connectivity index (χ1) is 15.8. The average Bonchev–Trinajstić information content (AvgIpc) is 3.51. The van der Waals surface area contributed by atoms with Gasteiger partial charge in [-0.2, -0.15) is 13.2 Å². The van der Waals surface area contributed by atoms with Crippen molar-refractivity contribution in [1.82, 2.24) is 14.9 Å². The molecule has 3 aromatic rings. The number of nitrogens with zero attached hydrogens (tertiary/aromatic N) is 2. The van der Waals surface area contributed by atoms with E-state index in [1.165, 1.54) is 11.3 Å². The summed E-state index contributed by atoms with van der Waals surface area (Å²) in [7, 11) is 0. The zero-order chi connectivity index (χ0) is 23.0. The molecule has 1 saturated carbocycles. The van der Waals surface area contributed by atoms with E-state index in [1.807, 2.05) is 18.2 Å². The van der Waals surface area contributed by atoms with Gasteiger partial charge in [-0.1, -0.05) is 0 Å². The zero-order valence-corrected chi connectivity index (χ0v) is 18.7. The third kappa shape index (κ3) is 5.16. The van der Waals surface area contributed by atoms with Gasteiger partial charge in [-0.3, -0.25) is 9.69 Å². The van der Waals surface area contributed by atoms with Crippen LogP contribution in [0.1, 0.15) is 29.1 Å². The first kappa shape index (κ1) is 22.2. The van der Waals surface area contributed by atoms with Gasteiger partial charge in [0.15, 0.2) is 5.01 Å². The number of rotatable bonds is 7. The Hall–Kier alpha value is -2.59. The van der Waals surface area contributed by atoms with E-state index < -0.39 is 12.7 Å². The number of amides is 1. The number of likely N-dealkylation sites (tertiary alicyclic amines) is 1. The number of ether oxygens (including phenoxy) is 1. The Morgan fingerprint density at radius 2 is 2.06 bits per heavy atom. The van der Waals surface area contributed by atoms with Crippen LogP contribution in [-0.4, -0.2) is 53.2 Å². The maximum atomic E-state index is 12.6. The number of hydrogen-bond acceptors (Lipinski definition) is 5. The number of aromatic amines is 1. The molecule has 2 aromatic heterocycles. The lowest BCUT2D eigenvalue weighted by Crippen LogP contribution is -2.33. The van der Waals surface area contributed by atoms with Crippen LogP contribution < -0.4 is 10.1 Å². The molecule has 1 unspecified atom stereocenters. The number of benzene rings is 1. The molecule has 2 aliphatic rings. The molecular weight excluding hydrogens is 453 g/mol. The smallest absolute Gasteiger partial charge is 0.401 e. The number of carbonyl (C=O) groups is 1. The normalized spacial score (nSPS) is 23.2. The molecule has 0 bridgehead atoms. The van der Waals surface area contributed by atoms with Crippen LogP contribution in [0.5, 0.6) is 5.75 Å². The summed E-state index contributed by atoms with van der Waals surface area (Å²) in [5, 5.41) is 5.90. The monoisotopic (exact) mass is 478 g/mol. The number of nitrogens with one attached hydrogen (secondary N) is 2. The fraction of sp³-hybridized carbons (Fsp3) is 0.478. The number of aromatic nitrogens is 2. The summed E-state index contributed by atoms with van der Waals surface area (Å²) in [6.07, 6.45) is 2.08. The minimum Gasteiger partial charge on any atom is -0.494 e. The molecule has 3 atom stereocenters. The van der Waals surface area contributed by atoms with E-state index in [4.69, 9.17) is 4.74 Å². The average molecular weight is 479 g/mol. The predicted molar refractivity (Wildman–Crippen MR) is 121 cm³/mol. The van der Waals surface area contributed by atoms with Crippen molar-refractivity contribution < 1.29 is 22.7 Å². The summed E-state index contributed by atoms with van der Waals surface area (Å²) in [4.78, 5) is 21.1. The standard InChI is InChI=1S/C23H25F3N4O2S/c24-23(25,26)13-30-11-15-7-14(8-16(15)12-30)3-5-32-17-1-2-19-18(9-17)20(10-28-19)29-21(31)22-27-4-6-33-22/h1-2,4,6,9-10,14-16,28H,3,5,7-8,11-13H2,(H,29,31)/t14?,15-,16+. The Morgan fingerprint density at radius 3 is 2.76 bits per heavy atom. The summed E-state index contributed by atoms with van der Waals surface area (Å²) >= 11 is 1.28. The summed E-state index contributed by atoms with van der Waals surface area (Å²) < 4.78 is 43.9. The van der Waals surface area contributed by atoms with E-state index in [1.54, 1.807) is 22.7 Å². The molecule has 0 radical (unpaired) electrons. The minimum absolute atomic E-state index is 0.252. The first-order valence-corrected chi connectivity index (χ1v) is 12.0. The molecule has 1 aliphatic carbocycles. The lowest BCUT2D eigenvalue weighted by molar-refractivity contribution is -0.144. The van der Waals surface area contributed by atoms with E-state index in [-0.39, 0.29) is 5.91 Å². The quantitative estimate of drug-likeness (QED) is 0.492. The van der Waals surface area contributed by atoms with Gasteiger partial charge in [-0.15, -0.1) is 11.3 Å². The highest BCUT2D eigenvalue weighted by molar-refractivity contribution is 7.11. The molecule has 1 aliphatic heterocycles. The van der Waals surface area contributed by atoms with Gasteiger partial charge in [0.1, 0.15) is 5.75 Å². The molecule has 6 nitrogen and oxygen atoms in total. The summed E-state index contributed by atoms with van der Waals surface area (Å²) in [6.45, 7) is 0.886. The summed E-state index contributed by atoms with van der Waals surface area (Å²) in [6, 6.07) is 5.71. The lowest BCUT2D eigenvalue weighted by Gasteiger charge is -2.20. The number of fused-ring (bicyclic) bond motifs is 2. The number of thiazole rings is 1. The zero-order valence-electron chi connectivity index (χ0n) is 17.9. The van der Waals surface area contributed by atoms with Crippen molar-refractivity contribution in [3.05, 3.63) is 41.0 Å². The van der Waals surface area contributed by atoms with Crippen LogP contribution in [0.25, 0.3) is 10.9 Å². The second kappa shape index (κ2) is 8.98. The van der Waals surface area contributed by atoms with Gasteiger partial charge in [0.2, 0.25) is 0 Å². The Kier molecular flexibility index (Phi) is 6.05. The number of anilines is 1. The first-order valence-electron chi connectivity index (χ1n) is 11.1. The number of carbonyl (C=O) groups excluding carboxylic acids is 1. The topological polar surface area (TPSA) is 70.2 Å². The highest BCUT2D eigenvalue weighted by Gasteiger charge is 2.43. The van der Waals surface area contributed by atoms with Crippen LogP contribution in [0, 0.1) is 17.8 Å². The van der Waals surface area contributed by atoms with Crippen LogP contribution in [0.2, 0.25) is 0 Å². The molecule has 33 heavy (non-hydrogen) atoms. The fourth-order valence-electron chi connectivity index (χ4n) is 5.29. The molecule has 10 heteroatoms. The number of H-pyrrole nitrogens is 1. The van der Waals surface area contributed by atoms with Crippen LogP contribution in [0.4, 0.5) is 18.9 Å². The third-order valence-electron chi connectivity index (χ3n) is 6.65. The largest absolute Gasteiger partial charge is 0.494 e. The van der Waals surface area contributed by atoms with E-state index in [9.17, 15) is 18.0 Å². The Balaban J connectivity index is 1.13. The van der Waals surface area contributed by atoms with Crippen molar-refractivity contribution in [2.45, 2.75) is 25.4 Å². The molecule has 5 rings (SSSR count). The van der Waals surface area contributed by atoms with Crippen LogP contribution in [-0.2, 0) is 0 Å². The van der Waals surface area contributed by atoms with Crippen LogP contribution >= 0.6 is 11.3 Å². The molecule has 1 aromatic carbocycles. The van der Waals surface area contributed by atoms with Crippen molar-refractivity contribution >= 4 is 33.8 Å². The Labute approximate surface area is 193 Å². The molecule has 1 saturated heterocycles. The van der Waals surface area contributed by atoms with E-state index >= 15 is 0 Å². The maximum absolute atomic E-state index is 12.6. The fourth-order valence-corrected chi connectivity index (χ4v) is 5.82. The molecule has 3 heterocycles. The van der Waals surface area contributed by atoms with Gasteiger partial charge in [0.25, 0.3) is 5.91 Å². The van der Waals surface area contributed by atoms with Gasteiger partial charge in [0, 0.05) is 41.8 Å². The van der Waals surface area contributed by atoms with Crippen molar-refractivity contribution in [3.63, 3.8) is 0 Å². The van der Waals surface area contributed by atoms with Crippen LogP contribution in [0.3, 0.4) is 0 Å². The van der Waals surface area contributed by atoms with Gasteiger partial charge >= 0.3 is 6.18 Å². The number of halogens is 3. The van der Waals surface area contributed by atoms with Gasteiger partial charge in [-0.05, 0) is 55.2 Å². The second-order valence-electron chi connectivity index (χ2n) is 9.01. The minimum atomic E-state index is -4.12. The van der Waals surface area contributed by atoms with Gasteiger partial charge in [0.05, 0.1) is 18.8 Å². The van der Waals surface area contributed by atoms with Crippen molar-refractivity contribution in [1.29, 1.82) is 0 Å². The Bertz CT molecular complexity index is 1100. The van der Waals surface area contributed by atoms with Gasteiger partial charge < -0.3 is 15.0 Å². The molecule has 2 N–H and O–H groups in total. The van der Waals surface area contributed by atoms with E-state index in [2.05, 4.69) is 15.3 Å². The Morgan fingerprint density at radius 1 is 1.27 bits per heavy atom. The van der Waals surface area contributed by atoms with Crippen molar-refractivity contribution in [2.75, 3.05) is 31.6 Å². The SMILES string of the molecule is O=C(Nc1c[nH]c2ccc(OCCC3C[C@@H]4CN(CC(F)(F)F)C[C@@H]4C3)cc12)c1nccs1. The highest BCUT2D eigenvalue weighted by Crippen LogP contribution is 2.43. The van der Waals surface area contributed by atoms with Gasteiger partial charge in [-0.25, -0.2) is 4.98 Å².